The van der Waals surface area contributed by atoms with Gasteiger partial charge in [-0.3, -0.25) is 0 Å². The molecule has 4 aromatic rings. The second-order valence-corrected chi connectivity index (χ2v) is 8.31. The van der Waals surface area contributed by atoms with Crippen LogP contribution in [0.4, 0.5) is 4.39 Å². The molecular formula is C22H21FN4O4S. The summed E-state index contributed by atoms with van der Waals surface area (Å²) >= 11 is 0. The Morgan fingerprint density at radius 2 is 1.81 bits per heavy atom. The quantitative estimate of drug-likeness (QED) is 0.425. The molecule has 1 aromatic heterocycles. The first kappa shape index (κ1) is 23.1. The summed E-state index contributed by atoms with van der Waals surface area (Å²) in [5.74, 6) is -1.32. The summed E-state index contributed by atoms with van der Waals surface area (Å²) in [6.45, 7) is 2.18. The fourth-order valence-corrected chi connectivity index (χ4v) is 3.40. The van der Waals surface area contributed by atoms with E-state index in [1.165, 1.54) is 24.4 Å². The molecule has 0 bridgehead atoms. The van der Waals surface area contributed by atoms with Crippen molar-refractivity contribution in [3.8, 4) is 5.69 Å². The first-order valence-electron chi connectivity index (χ1n) is 9.43. The van der Waals surface area contributed by atoms with Gasteiger partial charge in [0.2, 0.25) is 0 Å². The van der Waals surface area contributed by atoms with E-state index in [9.17, 15) is 17.6 Å². The van der Waals surface area contributed by atoms with Crippen molar-refractivity contribution in [2.24, 2.45) is 5.14 Å². The highest BCUT2D eigenvalue weighted by atomic mass is 32.2. The summed E-state index contributed by atoms with van der Waals surface area (Å²) in [4.78, 5) is 11.1. The molecule has 10 heteroatoms. The lowest BCUT2D eigenvalue weighted by molar-refractivity contribution is 0.0699. The second kappa shape index (κ2) is 9.69. The Labute approximate surface area is 184 Å². The Morgan fingerprint density at radius 3 is 2.44 bits per heavy atom. The minimum atomic E-state index is -3.59. The molecule has 0 aliphatic carbocycles. The van der Waals surface area contributed by atoms with Crippen LogP contribution in [-0.4, -0.2) is 29.3 Å². The highest BCUT2D eigenvalue weighted by molar-refractivity contribution is 7.87. The van der Waals surface area contributed by atoms with Gasteiger partial charge in [0, 0.05) is 11.9 Å². The Balaban J connectivity index is 0.000000195. The van der Waals surface area contributed by atoms with E-state index in [0.717, 1.165) is 11.1 Å². The lowest BCUT2D eigenvalue weighted by atomic mass is 10.1. The molecule has 0 unspecified atom stereocenters. The van der Waals surface area contributed by atoms with Gasteiger partial charge in [0.1, 0.15) is 5.82 Å². The van der Waals surface area contributed by atoms with Crippen molar-refractivity contribution in [2.45, 2.75) is 13.5 Å². The van der Waals surface area contributed by atoms with Crippen molar-refractivity contribution in [2.75, 3.05) is 0 Å². The molecular weight excluding hydrogens is 435 g/mol. The van der Waals surface area contributed by atoms with E-state index in [1.54, 1.807) is 28.9 Å². The van der Waals surface area contributed by atoms with Crippen LogP contribution < -0.4 is 9.86 Å². The molecule has 0 fully saturated rings. The molecule has 0 aliphatic rings. The molecule has 0 saturated carbocycles. The maximum atomic E-state index is 12.9. The van der Waals surface area contributed by atoms with Crippen LogP contribution in [0.1, 0.15) is 21.5 Å². The van der Waals surface area contributed by atoms with Crippen LogP contribution in [0.15, 0.2) is 72.9 Å². The van der Waals surface area contributed by atoms with Crippen molar-refractivity contribution in [3.63, 3.8) is 0 Å². The van der Waals surface area contributed by atoms with Gasteiger partial charge in [-0.1, -0.05) is 35.9 Å². The number of benzene rings is 3. The molecule has 0 amide bonds. The third-order valence-corrected chi connectivity index (χ3v) is 5.02. The standard InChI is InChI=1S/C14H9FN2O2.C8H12N2O2S/c15-9-4-6-10(7-5-9)17-13-3-1-2-11(14(18)19)12(13)8-16-17;1-7-3-2-4-8(5-7)6-10-13(9,11)12/h1-8H,(H,18,19);2-5,10H,6H2,1H3,(H2,9,11,12). The van der Waals surface area contributed by atoms with Crippen LogP contribution in [0.5, 0.6) is 0 Å². The Bertz CT molecular complexity index is 1350. The van der Waals surface area contributed by atoms with Gasteiger partial charge in [0.15, 0.2) is 0 Å². The van der Waals surface area contributed by atoms with Crippen LogP contribution in [0, 0.1) is 12.7 Å². The molecule has 166 valence electrons. The van der Waals surface area contributed by atoms with Crippen molar-refractivity contribution in [1.82, 2.24) is 14.5 Å². The summed E-state index contributed by atoms with van der Waals surface area (Å²) < 4.78 is 37.8. The number of hydrogen-bond donors (Lipinski definition) is 3. The van der Waals surface area contributed by atoms with Gasteiger partial charge in [-0.15, -0.1) is 0 Å². The summed E-state index contributed by atoms with van der Waals surface area (Å²) in [6, 6.07) is 18.4. The smallest absolute Gasteiger partial charge is 0.336 e. The van der Waals surface area contributed by atoms with Crippen molar-refractivity contribution in [1.29, 1.82) is 0 Å². The maximum absolute atomic E-state index is 12.9. The topological polar surface area (TPSA) is 127 Å². The van der Waals surface area contributed by atoms with E-state index in [0.29, 0.717) is 16.6 Å². The number of halogens is 1. The average Bonchev–Trinajstić information content (AvgIpc) is 3.17. The number of carbonyl (C=O) groups is 1. The fraction of sp³-hybridized carbons (Fsp3) is 0.0909. The highest BCUT2D eigenvalue weighted by Gasteiger charge is 2.12. The van der Waals surface area contributed by atoms with E-state index in [1.807, 2.05) is 31.2 Å². The number of fused-ring (bicyclic) bond motifs is 1. The van der Waals surface area contributed by atoms with E-state index >= 15 is 0 Å². The second-order valence-electron chi connectivity index (χ2n) is 6.93. The maximum Gasteiger partial charge on any atom is 0.336 e. The van der Waals surface area contributed by atoms with Gasteiger partial charge >= 0.3 is 5.97 Å². The van der Waals surface area contributed by atoms with Crippen LogP contribution in [-0.2, 0) is 16.8 Å². The van der Waals surface area contributed by atoms with Gasteiger partial charge in [-0.25, -0.2) is 19.0 Å². The number of rotatable bonds is 5. The zero-order chi connectivity index (χ0) is 23.3. The number of hydrogen-bond acceptors (Lipinski definition) is 4. The first-order chi connectivity index (χ1) is 15.1. The number of carboxylic acids is 1. The van der Waals surface area contributed by atoms with E-state index in [-0.39, 0.29) is 17.9 Å². The zero-order valence-electron chi connectivity index (χ0n) is 17.1. The molecule has 1 heterocycles. The fourth-order valence-electron chi connectivity index (χ4n) is 3.03. The Kier molecular flexibility index (Phi) is 6.98. The van der Waals surface area contributed by atoms with Crippen LogP contribution in [0.25, 0.3) is 16.6 Å². The molecule has 8 nitrogen and oxygen atoms in total. The predicted molar refractivity (Wildman–Crippen MR) is 119 cm³/mol. The molecule has 3 aromatic carbocycles. The Hall–Kier alpha value is -3.60. The molecule has 0 aliphatic heterocycles. The summed E-state index contributed by atoms with van der Waals surface area (Å²) in [6.07, 6.45) is 1.50. The monoisotopic (exact) mass is 456 g/mol. The van der Waals surface area contributed by atoms with Crippen LogP contribution in [0.2, 0.25) is 0 Å². The molecule has 4 rings (SSSR count). The number of nitrogens with two attached hydrogens (primary N) is 1. The third-order valence-electron chi connectivity index (χ3n) is 4.48. The van der Waals surface area contributed by atoms with E-state index < -0.39 is 16.2 Å². The summed E-state index contributed by atoms with van der Waals surface area (Å²) in [5.41, 5.74) is 3.54. The number of nitrogens with zero attached hydrogens (tertiary/aromatic N) is 2. The van der Waals surface area contributed by atoms with Gasteiger partial charge in [-0.2, -0.15) is 18.2 Å². The van der Waals surface area contributed by atoms with Crippen LogP contribution >= 0.6 is 0 Å². The first-order valence-corrected chi connectivity index (χ1v) is 11.0. The van der Waals surface area contributed by atoms with Crippen LogP contribution in [0.3, 0.4) is 0 Å². The van der Waals surface area contributed by atoms with Gasteiger partial charge in [0.25, 0.3) is 10.2 Å². The largest absolute Gasteiger partial charge is 0.478 e. The average molecular weight is 456 g/mol. The lowest BCUT2D eigenvalue weighted by Crippen LogP contribution is -2.30. The summed E-state index contributed by atoms with van der Waals surface area (Å²) in [7, 11) is -3.59. The van der Waals surface area contributed by atoms with E-state index in [4.69, 9.17) is 10.2 Å². The molecule has 0 atom stereocenters. The Morgan fingerprint density at radius 1 is 1.12 bits per heavy atom. The van der Waals surface area contributed by atoms with Crippen molar-refractivity contribution >= 4 is 27.1 Å². The highest BCUT2D eigenvalue weighted by Crippen LogP contribution is 2.22. The molecule has 0 spiro atoms. The molecule has 0 radical (unpaired) electrons. The number of aryl methyl sites for hydroxylation is 1. The van der Waals surface area contributed by atoms with Gasteiger partial charge in [-0.05, 0) is 48.9 Å². The minimum Gasteiger partial charge on any atom is -0.478 e. The van der Waals surface area contributed by atoms with Gasteiger partial charge in [0.05, 0.1) is 23.0 Å². The number of aromatic nitrogens is 2. The van der Waals surface area contributed by atoms with Gasteiger partial charge < -0.3 is 5.11 Å². The number of aromatic carboxylic acids is 1. The lowest BCUT2D eigenvalue weighted by Gasteiger charge is -2.03. The van der Waals surface area contributed by atoms with Crippen molar-refractivity contribution < 1.29 is 22.7 Å². The molecule has 4 N–H and O–H groups in total. The number of carboxylic acid groups (broad SMARTS) is 1. The van der Waals surface area contributed by atoms with E-state index in [2.05, 4.69) is 9.82 Å². The van der Waals surface area contributed by atoms with Crippen molar-refractivity contribution in [3.05, 3.63) is 95.4 Å². The summed E-state index contributed by atoms with van der Waals surface area (Å²) in [5, 5.41) is 18.6. The minimum absolute atomic E-state index is 0.200. The molecule has 0 saturated heterocycles. The predicted octanol–water partition coefficient (Wildman–Crippen LogP) is 3.15. The number of nitrogens with one attached hydrogen (secondary N) is 1. The zero-order valence-corrected chi connectivity index (χ0v) is 17.9. The molecule has 32 heavy (non-hydrogen) atoms. The SMILES string of the molecule is Cc1cccc(CNS(N)(=O)=O)c1.O=C(O)c1cccc2c1cnn2-c1ccc(F)cc1. The normalized spacial score (nSPS) is 11.1. The third kappa shape index (κ3) is 5.97.